The number of halogens is 1. The molecule has 1 aromatic rings. The second-order valence-electron chi connectivity index (χ2n) is 7.12. The Morgan fingerprint density at radius 1 is 1.43 bits per heavy atom. The van der Waals surface area contributed by atoms with Gasteiger partial charge in [-0.25, -0.2) is 0 Å². The average Bonchev–Trinajstić information content (AvgIpc) is 2.82. The van der Waals surface area contributed by atoms with Crippen LogP contribution in [0.15, 0.2) is 35.1 Å². The van der Waals surface area contributed by atoms with Gasteiger partial charge in [-0.1, -0.05) is 44.5 Å². The molecular weight excluding hydrogens is 314 g/mol. The minimum absolute atomic E-state index is 0.108. The van der Waals surface area contributed by atoms with Crippen LogP contribution < -0.4 is 5.43 Å². The van der Waals surface area contributed by atoms with E-state index in [4.69, 9.17) is 11.6 Å². The number of nitro groups is 1. The molecule has 1 N–H and O–H groups in total. The highest BCUT2D eigenvalue weighted by Crippen LogP contribution is 2.64. The zero-order valence-electron chi connectivity index (χ0n) is 13.5. The second-order valence-corrected chi connectivity index (χ2v) is 7.52. The fourth-order valence-electron chi connectivity index (χ4n) is 3.78. The molecular formula is C17H20ClN3O2. The molecule has 0 amide bonds. The lowest BCUT2D eigenvalue weighted by Gasteiger charge is -2.36. The van der Waals surface area contributed by atoms with Crippen LogP contribution >= 0.6 is 11.6 Å². The molecule has 122 valence electrons. The summed E-state index contributed by atoms with van der Waals surface area (Å²) in [5.74, 6) is 0.585. The van der Waals surface area contributed by atoms with Gasteiger partial charge in [-0.15, -0.1) is 0 Å². The molecule has 0 spiro atoms. The van der Waals surface area contributed by atoms with Crippen molar-refractivity contribution < 1.29 is 4.92 Å². The second kappa shape index (κ2) is 5.34. The van der Waals surface area contributed by atoms with Crippen LogP contribution in [-0.4, -0.2) is 11.1 Å². The van der Waals surface area contributed by atoms with Crippen molar-refractivity contribution in [3.05, 3.63) is 50.7 Å². The van der Waals surface area contributed by atoms with E-state index in [1.807, 2.05) is 0 Å². The van der Waals surface area contributed by atoms with E-state index >= 15 is 0 Å². The lowest BCUT2D eigenvalue weighted by atomic mass is 9.69. The number of benzene rings is 1. The van der Waals surface area contributed by atoms with E-state index in [1.165, 1.54) is 18.6 Å². The summed E-state index contributed by atoms with van der Waals surface area (Å²) in [7, 11) is 0. The number of rotatable bonds is 4. The van der Waals surface area contributed by atoms with Crippen LogP contribution in [0.3, 0.4) is 0 Å². The number of allylic oxidation sites excluding steroid dienone is 2. The van der Waals surface area contributed by atoms with Gasteiger partial charge < -0.3 is 0 Å². The Bertz CT molecular complexity index is 727. The van der Waals surface area contributed by atoms with Crippen molar-refractivity contribution in [3.8, 4) is 0 Å². The molecule has 2 aliphatic rings. The Morgan fingerprint density at radius 3 is 2.74 bits per heavy atom. The zero-order valence-corrected chi connectivity index (χ0v) is 14.2. The van der Waals surface area contributed by atoms with Gasteiger partial charge in [-0.2, -0.15) is 5.10 Å². The zero-order chi connectivity index (χ0) is 16.8. The molecule has 0 aromatic heterocycles. The molecule has 2 bridgehead atoms. The third kappa shape index (κ3) is 2.43. The summed E-state index contributed by atoms with van der Waals surface area (Å²) in [4.78, 5) is 10.4. The molecule has 1 fully saturated rings. The summed E-state index contributed by atoms with van der Waals surface area (Å²) in [5, 5.41) is 15.3. The Hall–Kier alpha value is -1.88. The molecule has 0 radical (unpaired) electrons. The van der Waals surface area contributed by atoms with Crippen LogP contribution in [0.25, 0.3) is 0 Å². The van der Waals surface area contributed by atoms with E-state index in [-0.39, 0.29) is 21.5 Å². The molecule has 23 heavy (non-hydrogen) atoms. The lowest BCUT2D eigenvalue weighted by Crippen LogP contribution is -2.33. The number of fused-ring (bicyclic) bond motifs is 2. The van der Waals surface area contributed by atoms with Crippen molar-refractivity contribution in [3.63, 3.8) is 0 Å². The van der Waals surface area contributed by atoms with Crippen LogP contribution in [0.4, 0.5) is 5.69 Å². The highest BCUT2D eigenvalue weighted by molar-refractivity contribution is 6.32. The minimum Gasteiger partial charge on any atom is -0.282 e. The Morgan fingerprint density at radius 2 is 2.17 bits per heavy atom. The summed E-state index contributed by atoms with van der Waals surface area (Å²) in [6.45, 7) is 6.89. The highest BCUT2D eigenvalue weighted by atomic mass is 35.5. The Balaban J connectivity index is 1.75. The van der Waals surface area contributed by atoms with Gasteiger partial charge in [0.15, 0.2) is 0 Å². The van der Waals surface area contributed by atoms with Gasteiger partial charge in [0, 0.05) is 22.7 Å². The Labute approximate surface area is 140 Å². The number of hydrogen-bond acceptors (Lipinski definition) is 4. The largest absolute Gasteiger partial charge is 0.288 e. The van der Waals surface area contributed by atoms with E-state index in [0.717, 1.165) is 12.1 Å². The first kappa shape index (κ1) is 16.0. The summed E-state index contributed by atoms with van der Waals surface area (Å²) in [5.41, 5.74) is 5.18. The Kier molecular flexibility index (Phi) is 3.71. The molecule has 2 aliphatic carbocycles. The van der Waals surface area contributed by atoms with Crippen LogP contribution in [0.1, 0.15) is 39.2 Å². The third-order valence-corrected chi connectivity index (χ3v) is 6.15. The molecule has 5 nitrogen and oxygen atoms in total. The summed E-state index contributed by atoms with van der Waals surface area (Å²) in [6, 6.07) is 4.65. The summed E-state index contributed by atoms with van der Waals surface area (Å²) >= 11 is 5.81. The number of nitrogens with one attached hydrogen (secondary N) is 1. The quantitative estimate of drug-likeness (QED) is 0.500. The number of nitro benzene ring substituents is 1. The van der Waals surface area contributed by atoms with E-state index in [9.17, 15) is 10.1 Å². The smallest absolute Gasteiger partial charge is 0.282 e. The molecule has 1 aromatic carbocycles. The van der Waals surface area contributed by atoms with Gasteiger partial charge in [-0.05, 0) is 30.2 Å². The van der Waals surface area contributed by atoms with E-state index in [0.29, 0.717) is 11.5 Å². The van der Waals surface area contributed by atoms with Gasteiger partial charge in [0.25, 0.3) is 5.69 Å². The fraction of sp³-hybridized carbons (Fsp3) is 0.471. The molecule has 0 saturated heterocycles. The first-order valence-electron chi connectivity index (χ1n) is 7.71. The molecule has 0 unspecified atom stereocenters. The minimum atomic E-state index is -0.491. The standard InChI is InChI=1S/C17H20ClN3O2/c1-16(2)12-6-7-17(16,3)15(9-12)20-19-10-11-4-5-13(18)14(8-11)21(22)23/h4-5,8-10,12,20H,6-7H2,1-3H3/b19-10-/t12-,17+/m1/s1. The van der Waals surface area contributed by atoms with Crippen molar-refractivity contribution in [1.29, 1.82) is 0 Å². The topological polar surface area (TPSA) is 67.5 Å². The van der Waals surface area contributed by atoms with Crippen molar-refractivity contribution >= 4 is 23.5 Å². The third-order valence-electron chi connectivity index (χ3n) is 5.83. The van der Waals surface area contributed by atoms with Crippen molar-refractivity contribution in [2.24, 2.45) is 21.8 Å². The van der Waals surface area contributed by atoms with Gasteiger partial charge in [0.1, 0.15) is 5.02 Å². The maximum absolute atomic E-state index is 10.9. The van der Waals surface area contributed by atoms with Crippen molar-refractivity contribution in [2.45, 2.75) is 33.6 Å². The van der Waals surface area contributed by atoms with Crippen molar-refractivity contribution in [1.82, 2.24) is 5.43 Å². The predicted octanol–water partition coefficient (Wildman–Crippen LogP) is 4.51. The molecule has 3 rings (SSSR count). The fourth-order valence-corrected chi connectivity index (χ4v) is 3.97. The number of hydrazone groups is 1. The average molecular weight is 334 g/mol. The van der Waals surface area contributed by atoms with E-state index < -0.39 is 4.92 Å². The molecule has 0 aliphatic heterocycles. The van der Waals surface area contributed by atoms with Crippen LogP contribution in [0.2, 0.25) is 5.02 Å². The van der Waals surface area contributed by atoms with Crippen molar-refractivity contribution in [2.75, 3.05) is 0 Å². The maximum atomic E-state index is 10.9. The monoisotopic (exact) mass is 333 g/mol. The first-order valence-corrected chi connectivity index (χ1v) is 8.09. The summed E-state index contributed by atoms with van der Waals surface area (Å²) < 4.78 is 0. The van der Waals surface area contributed by atoms with Crippen LogP contribution in [0, 0.1) is 26.9 Å². The van der Waals surface area contributed by atoms with Gasteiger partial charge in [0.05, 0.1) is 11.1 Å². The first-order chi connectivity index (χ1) is 10.8. The number of nitrogens with zero attached hydrogens (tertiary/aromatic N) is 2. The SMILES string of the molecule is CC1(C)[C@H]2C=C(N/N=C\c3ccc(Cl)c([N+](=O)[O-])c3)[C@]1(C)CC2. The van der Waals surface area contributed by atoms with Gasteiger partial charge in [-0.3, -0.25) is 15.5 Å². The lowest BCUT2D eigenvalue weighted by molar-refractivity contribution is -0.384. The normalized spacial score (nSPS) is 28.2. The van der Waals surface area contributed by atoms with Gasteiger partial charge in [0.2, 0.25) is 0 Å². The molecule has 6 heteroatoms. The maximum Gasteiger partial charge on any atom is 0.288 e. The van der Waals surface area contributed by atoms with Gasteiger partial charge >= 0.3 is 0 Å². The predicted molar refractivity (Wildman–Crippen MR) is 91.5 cm³/mol. The van der Waals surface area contributed by atoms with E-state index in [2.05, 4.69) is 37.4 Å². The van der Waals surface area contributed by atoms with Crippen LogP contribution in [-0.2, 0) is 0 Å². The molecule has 2 atom stereocenters. The van der Waals surface area contributed by atoms with Crippen LogP contribution in [0.5, 0.6) is 0 Å². The molecule has 1 saturated carbocycles. The summed E-state index contributed by atoms with van der Waals surface area (Å²) in [6.07, 6.45) is 6.25. The van der Waals surface area contributed by atoms with E-state index in [1.54, 1.807) is 12.3 Å². The number of hydrogen-bond donors (Lipinski definition) is 1. The highest BCUT2D eigenvalue weighted by Gasteiger charge is 2.57. The molecule has 0 heterocycles.